The lowest BCUT2D eigenvalue weighted by atomic mass is 9.70. The van der Waals surface area contributed by atoms with E-state index in [1.54, 1.807) is 4.90 Å². The molecular weight excluding hydrogens is 406 g/mol. The van der Waals surface area contributed by atoms with Gasteiger partial charge in [-0.1, -0.05) is 37.8 Å². The normalized spacial score (nSPS) is 39.2. The molecule has 0 radical (unpaired) electrons. The number of nitrogens with one attached hydrogen (secondary N) is 2. The molecule has 0 aromatic carbocycles. The fourth-order valence-corrected chi connectivity index (χ4v) is 6.94. The van der Waals surface area contributed by atoms with Gasteiger partial charge in [-0.05, 0) is 53.4 Å². The van der Waals surface area contributed by atoms with Crippen LogP contribution in [-0.2, 0) is 19.1 Å². The molecule has 1 spiro atoms. The lowest BCUT2D eigenvalue weighted by Crippen LogP contribution is -2.59. The summed E-state index contributed by atoms with van der Waals surface area (Å²) < 4.78 is 6.58. The van der Waals surface area contributed by atoms with Crippen molar-refractivity contribution in [2.45, 2.75) is 114 Å². The summed E-state index contributed by atoms with van der Waals surface area (Å²) >= 11 is 0. The highest BCUT2D eigenvalue weighted by Crippen LogP contribution is 2.60. The molecule has 2 saturated carbocycles. The molecule has 0 unspecified atom stereocenters. The number of likely N-dealkylation sites (tertiary alicyclic amines) is 1. The first kappa shape index (κ1) is 21.9. The first-order chi connectivity index (χ1) is 15.1. The average molecular weight is 444 g/mol. The second-order valence-corrected chi connectivity index (χ2v) is 11.7. The van der Waals surface area contributed by atoms with Gasteiger partial charge in [0.05, 0.1) is 17.4 Å². The third-order valence-electron chi connectivity index (χ3n) is 8.18. The zero-order chi connectivity index (χ0) is 22.9. The Balaban J connectivity index is 1.52. The molecule has 7 nitrogen and oxygen atoms in total. The van der Waals surface area contributed by atoms with Gasteiger partial charge < -0.3 is 20.3 Å². The molecule has 2 bridgehead atoms. The molecule has 3 amide bonds. The molecule has 176 valence electrons. The van der Waals surface area contributed by atoms with Gasteiger partial charge in [0.2, 0.25) is 17.7 Å². The molecule has 7 heteroatoms. The molecule has 5 atom stereocenters. The van der Waals surface area contributed by atoms with Gasteiger partial charge in [0, 0.05) is 17.6 Å². The van der Waals surface area contributed by atoms with Crippen molar-refractivity contribution >= 4 is 17.7 Å². The second kappa shape index (κ2) is 7.31. The van der Waals surface area contributed by atoms with Crippen molar-refractivity contribution in [1.82, 2.24) is 15.5 Å². The quantitative estimate of drug-likeness (QED) is 0.654. The summed E-state index contributed by atoms with van der Waals surface area (Å²) in [7, 11) is 0. The summed E-state index contributed by atoms with van der Waals surface area (Å²) in [5, 5.41) is 6.30. The van der Waals surface area contributed by atoms with E-state index >= 15 is 0 Å². The third-order valence-corrected chi connectivity index (χ3v) is 8.18. The minimum Gasteiger partial charge on any atom is -0.356 e. The number of nitrogens with zero attached hydrogens (tertiary/aromatic N) is 1. The number of ether oxygens (including phenoxy) is 1. The first-order valence-electron chi connectivity index (χ1n) is 12.4. The van der Waals surface area contributed by atoms with Crippen molar-refractivity contribution < 1.29 is 19.1 Å². The van der Waals surface area contributed by atoms with Gasteiger partial charge in [-0.15, -0.1) is 0 Å². The van der Waals surface area contributed by atoms with Gasteiger partial charge in [-0.2, -0.15) is 0 Å². The fraction of sp³-hybridized carbons (Fsp3) is 0.800. The molecule has 4 fully saturated rings. The largest absolute Gasteiger partial charge is 0.356 e. The van der Waals surface area contributed by atoms with Crippen molar-refractivity contribution in [3.05, 3.63) is 12.2 Å². The highest BCUT2D eigenvalue weighted by Gasteiger charge is 2.76. The van der Waals surface area contributed by atoms with Crippen molar-refractivity contribution in [3.8, 4) is 0 Å². The van der Waals surface area contributed by atoms with E-state index in [-0.39, 0.29) is 29.8 Å². The smallest absolute Gasteiger partial charge is 0.246 e. The van der Waals surface area contributed by atoms with E-state index in [1.165, 1.54) is 0 Å². The van der Waals surface area contributed by atoms with Crippen LogP contribution in [0.5, 0.6) is 0 Å². The van der Waals surface area contributed by atoms with E-state index in [1.807, 2.05) is 39.8 Å². The van der Waals surface area contributed by atoms with Crippen molar-refractivity contribution in [2.75, 3.05) is 0 Å². The van der Waals surface area contributed by atoms with Gasteiger partial charge in [0.1, 0.15) is 11.6 Å². The summed E-state index contributed by atoms with van der Waals surface area (Å²) in [6.07, 6.45) is 12.0. The lowest BCUT2D eigenvalue weighted by molar-refractivity contribution is -0.148. The Kier molecular flexibility index (Phi) is 5.01. The van der Waals surface area contributed by atoms with E-state index in [4.69, 9.17) is 4.74 Å². The summed E-state index contributed by atoms with van der Waals surface area (Å²) in [5.74, 6) is -1.66. The van der Waals surface area contributed by atoms with Crippen LogP contribution < -0.4 is 10.6 Å². The first-order valence-corrected chi connectivity index (χ1v) is 12.4. The Morgan fingerprint density at radius 3 is 2.28 bits per heavy atom. The predicted octanol–water partition coefficient (Wildman–Crippen LogP) is 2.44. The van der Waals surface area contributed by atoms with Crippen LogP contribution in [0, 0.1) is 11.8 Å². The van der Waals surface area contributed by atoms with Crippen LogP contribution >= 0.6 is 0 Å². The molecular formula is C25H37N3O4. The molecule has 32 heavy (non-hydrogen) atoms. The Labute approximate surface area is 190 Å². The maximum absolute atomic E-state index is 14.0. The zero-order valence-corrected chi connectivity index (χ0v) is 19.8. The number of rotatable bonds is 4. The van der Waals surface area contributed by atoms with Crippen LogP contribution in [0.15, 0.2) is 12.2 Å². The van der Waals surface area contributed by atoms with Crippen molar-refractivity contribution in [2.24, 2.45) is 11.8 Å². The zero-order valence-electron chi connectivity index (χ0n) is 19.8. The SMILES string of the molecule is CC(C)(C)NC(=O)[C@@H]1N(C2CCCC2)C(=O)[C@H]2[C@@H](C(=O)NC3CCCC3)[C@@]3(C)C=C[C@@]12O3. The van der Waals surface area contributed by atoms with E-state index in [0.29, 0.717) is 0 Å². The summed E-state index contributed by atoms with van der Waals surface area (Å²) in [4.78, 5) is 42.9. The highest BCUT2D eigenvalue weighted by atomic mass is 16.5. The molecule has 3 aliphatic heterocycles. The van der Waals surface area contributed by atoms with E-state index in [9.17, 15) is 14.4 Å². The van der Waals surface area contributed by atoms with Gasteiger partial charge >= 0.3 is 0 Å². The van der Waals surface area contributed by atoms with Crippen LogP contribution in [0.3, 0.4) is 0 Å². The third kappa shape index (κ3) is 3.22. The van der Waals surface area contributed by atoms with Gasteiger partial charge in [0.15, 0.2) is 0 Å². The maximum atomic E-state index is 14.0. The van der Waals surface area contributed by atoms with Crippen LogP contribution in [0.1, 0.15) is 79.1 Å². The van der Waals surface area contributed by atoms with Gasteiger partial charge in [-0.3, -0.25) is 14.4 Å². The van der Waals surface area contributed by atoms with Crippen molar-refractivity contribution in [3.63, 3.8) is 0 Å². The standard InChI is InChI=1S/C25H37N3O4/c1-23(2,3)27-21(30)19-25-14-13-24(4,32-25)17(20(29)26-15-9-5-6-10-15)18(25)22(31)28(19)16-11-7-8-12-16/h13-19H,5-12H2,1-4H3,(H,26,29)(H,27,30)/t17-,18+,19-,24+,25-/m0/s1. The van der Waals surface area contributed by atoms with Gasteiger partial charge in [-0.25, -0.2) is 0 Å². The number of carbonyl (C=O) groups excluding carboxylic acids is 3. The molecule has 5 rings (SSSR count). The number of hydrogen-bond acceptors (Lipinski definition) is 4. The predicted molar refractivity (Wildman–Crippen MR) is 120 cm³/mol. The summed E-state index contributed by atoms with van der Waals surface area (Å²) in [5.41, 5.74) is -2.38. The molecule has 0 aromatic rings. The molecule has 2 saturated heterocycles. The van der Waals surface area contributed by atoms with Crippen LogP contribution in [0.25, 0.3) is 0 Å². The van der Waals surface area contributed by atoms with Crippen LogP contribution in [-0.4, -0.2) is 57.5 Å². The summed E-state index contributed by atoms with van der Waals surface area (Å²) in [6, 6.07) is -0.544. The average Bonchev–Trinajstić information content (AvgIpc) is 3.47. The Morgan fingerprint density at radius 2 is 1.66 bits per heavy atom. The lowest BCUT2D eigenvalue weighted by Gasteiger charge is -2.37. The molecule has 0 aromatic heterocycles. The number of fused-ring (bicyclic) bond motifs is 1. The number of carbonyl (C=O) groups is 3. The molecule has 5 aliphatic rings. The monoisotopic (exact) mass is 443 g/mol. The van der Waals surface area contributed by atoms with Crippen LogP contribution in [0.4, 0.5) is 0 Å². The minimum atomic E-state index is -1.08. The molecule has 2 N–H and O–H groups in total. The molecule has 3 heterocycles. The Hall–Kier alpha value is -1.89. The van der Waals surface area contributed by atoms with E-state index < -0.39 is 34.6 Å². The van der Waals surface area contributed by atoms with E-state index in [0.717, 1.165) is 51.4 Å². The van der Waals surface area contributed by atoms with Crippen LogP contribution in [0.2, 0.25) is 0 Å². The van der Waals surface area contributed by atoms with Crippen molar-refractivity contribution in [1.29, 1.82) is 0 Å². The molecule has 2 aliphatic carbocycles. The van der Waals surface area contributed by atoms with E-state index in [2.05, 4.69) is 10.6 Å². The van der Waals surface area contributed by atoms with Gasteiger partial charge in [0.25, 0.3) is 0 Å². The Bertz CT molecular complexity index is 852. The maximum Gasteiger partial charge on any atom is 0.246 e. The highest BCUT2D eigenvalue weighted by molar-refractivity contribution is 6.00. The minimum absolute atomic E-state index is 0.0283. The second-order valence-electron chi connectivity index (χ2n) is 11.7. The topological polar surface area (TPSA) is 87.7 Å². The Morgan fingerprint density at radius 1 is 1.03 bits per heavy atom. The summed E-state index contributed by atoms with van der Waals surface area (Å²) in [6.45, 7) is 7.72. The number of hydrogen-bond donors (Lipinski definition) is 2. The fourth-order valence-electron chi connectivity index (χ4n) is 6.94. The number of amides is 3.